The van der Waals surface area contributed by atoms with Gasteiger partial charge in [0.05, 0.1) is 138 Å². The average Bonchev–Trinajstić information content (AvgIpc) is 3.11. The Labute approximate surface area is 307 Å². The van der Waals surface area contributed by atoms with E-state index in [9.17, 15) is 0 Å². The van der Waals surface area contributed by atoms with Crippen molar-refractivity contribution >= 4 is 0 Å². The molecule has 0 aromatic heterocycles. The van der Waals surface area contributed by atoms with Crippen LogP contribution in [0.3, 0.4) is 0 Å². The smallest absolute Gasteiger partial charge is 0.0703 e. The van der Waals surface area contributed by atoms with Crippen LogP contribution in [0.1, 0.15) is 111 Å². The molecule has 0 rings (SSSR count). The van der Waals surface area contributed by atoms with Gasteiger partial charge >= 0.3 is 0 Å². The maximum Gasteiger partial charge on any atom is 0.0703 e. The SMILES string of the molecule is CCCCCCCCCCCCCCCCOCCOCCOCCOCCOCCOCCOCCOCCOCCOCCOC(C)C. The van der Waals surface area contributed by atoms with E-state index in [1.54, 1.807) is 0 Å². The summed E-state index contributed by atoms with van der Waals surface area (Å²) in [7, 11) is 0. The molecular formula is C39H80O11. The maximum absolute atomic E-state index is 5.68. The number of rotatable bonds is 46. The van der Waals surface area contributed by atoms with Crippen LogP contribution in [0.5, 0.6) is 0 Å². The fourth-order valence-corrected chi connectivity index (χ4v) is 4.82. The van der Waals surface area contributed by atoms with Gasteiger partial charge in [0, 0.05) is 6.61 Å². The zero-order chi connectivity index (χ0) is 36.1. The van der Waals surface area contributed by atoms with Crippen LogP contribution in [0.4, 0.5) is 0 Å². The Kier molecular flexibility index (Phi) is 46.2. The summed E-state index contributed by atoms with van der Waals surface area (Å²) in [5.41, 5.74) is 0. The van der Waals surface area contributed by atoms with E-state index in [0.29, 0.717) is 132 Å². The van der Waals surface area contributed by atoms with Crippen molar-refractivity contribution in [3.8, 4) is 0 Å². The lowest BCUT2D eigenvalue weighted by Gasteiger charge is -2.09. The summed E-state index contributed by atoms with van der Waals surface area (Å²) in [4.78, 5) is 0. The van der Waals surface area contributed by atoms with Crippen LogP contribution >= 0.6 is 0 Å². The van der Waals surface area contributed by atoms with Crippen molar-refractivity contribution in [3.05, 3.63) is 0 Å². The highest BCUT2D eigenvalue weighted by atomic mass is 16.6. The molecule has 50 heavy (non-hydrogen) atoms. The molecule has 0 spiro atoms. The monoisotopic (exact) mass is 725 g/mol. The van der Waals surface area contributed by atoms with Crippen LogP contribution in [0.25, 0.3) is 0 Å². The second kappa shape index (κ2) is 46.6. The summed E-state index contributed by atoms with van der Waals surface area (Å²) in [6, 6.07) is 0. The van der Waals surface area contributed by atoms with Gasteiger partial charge < -0.3 is 52.1 Å². The minimum Gasteiger partial charge on any atom is -0.379 e. The molecule has 11 heteroatoms. The molecule has 0 fully saturated rings. The molecule has 0 unspecified atom stereocenters. The van der Waals surface area contributed by atoms with Gasteiger partial charge in [0.15, 0.2) is 0 Å². The van der Waals surface area contributed by atoms with Gasteiger partial charge in [-0.05, 0) is 20.3 Å². The Balaban J connectivity index is 3.05. The van der Waals surface area contributed by atoms with Crippen LogP contribution in [-0.4, -0.2) is 145 Å². The number of ether oxygens (including phenoxy) is 11. The van der Waals surface area contributed by atoms with Gasteiger partial charge in [-0.3, -0.25) is 0 Å². The predicted molar refractivity (Wildman–Crippen MR) is 200 cm³/mol. The normalized spacial score (nSPS) is 11.8. The summed E-state index contributed by atoms with van der Waals surface area (Å²) < 4.78 is 60.6. The van der Waals surface area contributed by atoms with E-state index in [0.717, 1.165) is 13.0 Å². The molecule has 0 heterocycles. The molecule has 0 bridgehead atoms. The van der Waals surface area contributed by atoms with Gasteiger partial charge in [0.2, 0.25) is 0 Å². The van der Waals surface area contributed by atoms with Crippen LogP contribution in [-0.2, 0) is 52.1 Å². The third kappa shape index (κ3) is 47.6. The van der Waals surface area contributed by atoms with Crippen LogP contribution in [0, 0.1) is 0 Å². The molecule has 0 saturated carbocycles. The first-order chi connectivity index (χ1) is 24.8. The van der Waals surface area contributed by atoms with E-state index < -0.39 is 0 Å². The third-order valence-electron chi connectivity index (χ3n) is 7.67. The standard InChI is InChI=1S/C39H80O11/c1-4-5-6-7-8-9-10-11-12-13-14-15-16-17-18-40-19-20-41-21-22-42-23-24-43-25-26-44-27-28-45-29-30-46-31-32-47-33-34-48-35-36-49-37-38-50-39(2)3/h39H,4-38H2,1-3H3. The van der Waals surface area contributed by atoms with Crippen LogP contribution in [0.15, 0.2) is 0 Å². The second-order valence-corrected chi connectivity index (χ2v) is 12.6. The molecule has 0 aliphatic rings. The van der Waals surface area contributed by atoms with Gasteiger partial charge in [0.1, 0.15) is 0 Å². The van der Waals surface area contributed by atoms with E-state index in [-0.39, 0.29) is 6.10 Å². The number of unbranched alkanes of at least 4 members (excludes halogenated alkanes) is 13. The summed E-state index contributed by atoms with van der Waals surface area (Å²) in [5, 5.41) is 0. The van der Waals surface area contributed by atoms with Gasteiger partial charge in [-0.2, -0.15) is 0 Å². The molecule has 0 radical (unpaired) electrons. The lowest BCUT2D eigenvalue weighted by molar-refractivity contribution is -0.0286. The maximum atomic E-state index is 5.68. The highest BCUT2D eigenvalue weighted by Gasteiger charge is 1.98. The van der Waals surface area contributed by atoms with E-state index in [1.807, 2.05) is 13.8 Å². The van der Waals surface area contributed by atoms with Crippen molar-refractivity contribution in [1.82, 2.24) is 0 Å². The van der Waals surface area contributed by atoms with E-state index in [1.165, 1.54) is 83.5 Å². The first kappa shape index (κ1) is 49.6. The lowest BCUT2D eigenvalue weighted by atomic mass is 10.0. The molecule has 0 aromatic rings. The quantitative estimate of drug-likeness (QED) is 0.0604. The fraction of sp³-hybridized carbons (Fsp3) is 1.00. The molecule has 302 valence electrons. The molecule has 0 aliphatic carbocycles. The average molecular weight is 725 g/mol. The van der Waals surface area contributed by atoms with Crippen molar-refractivity contribution in [2.24, 2.45) is 0 Å². The minimum atomic E-state index is 0.235. The highest BCUT2D eigenvalue weighted by Crippen LogP contribution is 2.13. The third-order valence-corrected chi connectivity index (χ3v) is 7.67. The largest absolute Gasteiger partial charge is 0.379 e. The van der Waals surface area contributed by atoms with E-state index in [4.69, 9.17) is 52.1 Å². The molecule has 11 nitrogen and oxygen atoms in total. The molecule has 0 amide bonds. The molecule has 0 saturated heterocycles. The fourth-order valence-electron chi connectivity index (χ4n) is 4.82. The number of hydrogen-bond donors (Lipinski definition) is 0. The molecule has 0 aliphatic heterocycles. The number of hydrogen-bond acceptors (Lipinski definition) is 11. The van der Waals surface area contributed by atoms with Crippen molar-refractivity contribution in [1.29, 1.82) is 0 Å². The molecular weight excluding hydrogens is 644 g/mol. The Morgan fingerprint density at radius 2 is 0.440 bits per heavy atom. The molecule has 0 atom stereocenters. The predicted octanol–water partition coefficient (Wildman–Crippen LogP) is 7.06. The van der Waals surface area contributed by atoms with E-state index >= 15 is 0 Å². The Hall–Kier alpha value is -0.440. The van der Waals surface area contributed by atoms with Crippen molar-refractivity contribution in [3.63, 3.8) is 0 Å². The highest BCUT2D eigenvalue weighted by molar-refractivity contribution is 4.49. The van der Waals surface area contributed by atoms with Gasteiger partial charge in [-0.15, -0.1) is 0 Å². The Morgan fingerprint density at radius 1 is 0.240 bits per heavy atom. The van der Waals surface area contributed by atoms with Crippen molar-refractivity contribution in [2.75, 3.05) is 139 Å². The first-order valence-electron chi connectivity index (χ1n) is 20.2. The Morgan fingerprint density at radius 3 is 0.680 bits per heavy atom. The van der Waals surface area contributed by atoms with E-state index in [2.05, 4.69) is 6.92 Å². The second-order valence-electron chi connectivity index (χ2n) is 12.6. The van der Waals surface area contributed by atoms with Crippen LogP contribution < -0.4 is 0 Å². The summed E-state index contributed by atoms with van der Waals surface area (Å²) in [6.07, 6.45) is 19.5. The summed E-state index contributed by atoms with van der Waals surface area (Å²) >= 11 is 0. The summed E-state index contributed by atoms with van der Waals surface area (Å²) in [6.45, 7) is 18.3. The zero-order valence-corrected chi connectivity index (χ0v) is 32.8. The van der Waals surface area contributed by atoms with Crippen LogP contribution in [0.2, 0.25) is 0 Å². The Bertz CT molecular complexity index is 586. The summed E-state index contributed by atoms with van der Waals surface area (Å²) in [5.74, 6) is 0. The van der Waals surface area contributed by atoms with Gasteiger partial charge in [0.25, 0.3) is 0 Å². The van der Waals surface area contributed by atoms with Crippen molar-refractivity contribution < 1.29 is 52.1 Å². The van der Waals surface area contributed by atoms with Crippen molar-refractivity contribution in [2.45, 2.75) is 117 Å². The zero-order valence-electron chi connectivity index (χ0n) is 32.8. The minimum absolute atomic E-state index is 0.235. The van der Waals surface area contributed by atoms with Gasteiger partial charge in [-0.25, -0.2) is 0 Å². The topological polar surface area (TPSA) is 102 Å². The first-order valence-corrected chi connectivity index (χ1v) is 20.2. The lowest BCUT2D eigenvalue weighted by Crippen LogP contribution is -2.15. The van der Waals surface area contributed by atoms with Gasteiger partial charge in [-0.1, -0.05) is 90.4 Å². The molecule has 0 aromatic carbocycles. The molecule has 0 N–H and O–H groups in total.